The van der Waals surface area contributed by atoms with E-state index in [1.54, 1.807) is 6.92 Å². The Balaban J connectivity index is 2.64. The number of hydrogen-bond donors (Lipinski definition) is 1. The van der Waals surface area contributed by atoms with Crippen LogP contribution in [0.1, 0.15) is 48.0 Å². The zero-order valence-corrected chi connectivity index (χ0v) is 15.5. The van der Waals surface area contributed by atoms with Crippen LogP contribution in [0.5, 0.6) is 0 Å². The summed E-state index contributed by atoms with van der Waals surface area (Å²) < 4.78 is 23.3. The highest BCUT2D eigenvalue weighted by Crippen LogP contribution is 2.25. The molecular formula is C16H34N2O2S. The molecule has 1 rings (SSSR count). The van der Waals surface area contributed by atoms with Gasteiger partial charge in [0.15, 0.2) is 0 Å². The van der Waals surface area contributed by atoms with E-state index in [1.165, 1.54) is 0 Å². The predicted molar refractivity (Wildman–Crippen MR) is 90.4 cm³/mol. The Hall–Kier alpha value is -0.130. The number of sulfone groups is 1. The summed E-state index contributed by atoms with van der Waals surface area (Å²) in [5.74, 6) is 1.16. The molecule has 1 aliphatic rings. The molecule has 0 aromatic rings. The van der Waals surface area contributed by atoms with Crippen molar-refractivity contribution >= 4 is 9.84 Å². The van der Waals surface area contributed by atoms with Crippen LogP contribution in [0.4, 0.5) is 0 Å². The number of hydrogen-bond acceptors (Lipinski definition) is 4. The Bertz CT molecular complexity index is 412. The van der Waals surface area contributed by atoms with Gasteiger partial charge >= 0.3 is 0 Å². The van der Waals surface area contributed by atoms with Crippen LogP contribution in [-0.2, 0) is 9.84 Å². The fourth-order valence-electron chi connectivity index (χ4n) is 2.95. The van der Waals surface area contributed by atoms with Gasteiger partial charge in [-0.05, 0) is 24.3 Å². The molecule has 1 heterocycles. The average Bonchev–Trinajstić information content (AvgIpc) is 2.37. The van der Waals surface area contributed by atoms with Crippen molar-refractivity contribution in [1.82, 2.24) is 10.2 Å². The van der Waals surface area contributed by atoms with E-state index in [4.69, 9.17) is 0 Å². The minimum atomic E-state index is -2.84. The fourth-order valence-corrected chi connectivity index (χ4v) is 3.81. The van der Waals surface area contributed by atoms with Crippen molar-refractivity contribution in [3.8, 4) is 0 Å². The van der Waals surface area contributed by atoms with Gasteiger partial charge in [0.2, 0.25) is 0 Å². The normalized spacial score (nSPS) is 25.5. The summed E-state index contributed by atoms with van der Waals surface area (Å²) in [6, 6.07) is 0.975. The largest absolute Gasteiger partial charge is 0.311 e. The van der Waals surface area contributed by atoms with E-state index in [0.717, 1.165) is 26.1 Å². The summed E-state index contributed by atoms with van der Waals surface area (Å²) in [5, 5.41) is 3.68. The molecule has 0 amide bonds. The molecule has 21 heavy (non-hydrogen) atoms. The maximum atomic E-state index is 11.6. The second kappa shape index (κ2) is 7.42. The first-order chi connectivity index (χ1) is 9.57. The molecule has 0 aromatic carbocycles. The van der Waals surface area contributed by atoms with Gasteiger partial charge in [-0.3, -0.25) is 4.90 Å². The summed E-state index contributed by atoms with van der Waals surface area (Å²) in [6.07, 6.45) is 0.746. The third-order valence-corrected chi connectivity index (χ3v) is 6.41. The molecule has 0 spiro atoms. The summed E-state index contributed by atoms with van der Waals surface area (Å²) in [7, 11) is -2.84. The number of nitrogens with one attached hydrogen (secondary N) is 1. The van der Waals surface area contributed by atoms with Gasteiger partial charge in [0, 0.05) is 30.9 Å². The highest BCUT2D eigenvalue weighted by atomic mass is 32.2. The smallest absolute Gasteiger partial charge is 0.150 e. The van der Waals surface area contributed by atoms with Gasteiger partial charge in [-0.1, -0.05) is 41.5 Å². The molecule has 2 unspecified atom stereocenters. The van der Waals surface area contributed by atoms with Crippen molar-refractivity contribution in [2.45, 2.75) is 60.0 Å². The van der Waals surface area contributed by atoms with E-state index in [9.17, 15) is 8.42 Å². The molecule has 2 atom stereocenters. The van der Waals surface area contributed by atoms with Gasteiger partial charge in [-0.2, -0.15) is 0 Å². The topological polar surface area (TPSA) is 49.4 Å². The first-order valence-electron chi connectivity index (χ1n) is 8.24. The lowest BCUT2D eigenvalue weighted by atomic mass is 9.83. The molecule has 1 N–H and O–H groups in total. The maximum Gasteiger partial charge on any atom is 0.150 e. The van der Waals surface area contributed by atoms with Crippen LogP contribution < -0.4 is 5.32 Å². The van der Waals surface area contributed by atoms with Gasteiger partial charge in [-0.25, -0.2) is 8.42 Å². The van der Waals surface area contributed by atoms with Gasteiger partial charge in [0.1, 0.15) is 9.84 Å². The van der Waals surface area contributed by atoms with E-state index in [2.05, 4.69) is 44.8 Å². The van der Waals surface area contributed by atoms with Gasteiger partial charge < -0.3 is 5.32 Å². The highest BCUT2D eigenvalue weighted by molar-refractivity contribution is 7.91. The second-order valence-corrected chi connectivity index (χ2v) is 10.2. The standard InChI is InChI=1S/C16H34N2O2S/c1-7-21(19,20)10-8-9-18-12-15(16(4,5)6)17-11-14(18)13(2)3/h13-15,17H,7-12H2,1-6H3. The van der Waals surface area contributed by atoms with Crippen LogP contribution in [0.2, 0.25) is 0 Å². The summed E-state index contributed by atoms with van der Waals surface area (Å²) in [5.41, 5.74) is 0.232. The molecule has 1 aliphatic heterocycles. The third-order valence-electron chi connectivity index (χ3n) is 4.61. The molecule has 0 aromatic heterocycles. The third kappa shape index (κ3) is 5.87. The molecule has 126 valence electrons. The number of piperazine rings is 1. The fraction of sp³-hybridized carbons (Fsp3) is 1.00. The van der Waals surface area contributed by atoms with E-state index < -0.39 is 9.84 Å². The first kappa shape index (κ1) is 18.9. The van der Waals surface area contributed by atoms with Crippen molar-refractivity contribution in [1.29, 1.82) is 0 Å². The minimum Gasteiger partial charge on any atom is -0.311 e. The van der Waals surface area contributed by atoms with Crippen LogP contribution in [0.15, 0.2) is 0 Å². The molecule has 0 aliphatic carbocycles. The van der Waals surface area contributed by atoms with E-state index in [0.29, 0.717) is 23.8 Å². The van der Waals surface area contributed by atoms with Crippen molar-refractivity contribution in [2.75, 3.05) is 31.1 Å². The molecule has 1 fully saturated rings. The van der Waals surface area contributed by atoms with Crippen LogP contribution >= 0.6 is 0 Å². The molecule has 5 heteroatoms. The number of rotatable bonds is 6. The summed E-state index contributed by atoms with van der Waals surface area (Å²) in [6.45, 7) is 15.9. The van der Waals surface area contributed by atoms with E-state index in [-0.39, 0.29) is 11.2 Å². The summed E-state index contributed by atoms with van der Waals surface area (Å²) in [4.78, 5) is 2.50. The van der Waals surface area contributed by atoms with Gasteiger partial charge in [-0.15, -0.1) is 0 Å². The van der Waals surface area contributed by atoms with Crippen molar-refractivity contribution in [3.63, 3.8) is 0 Å². The molecule has 0 radical (unpaired) electrons. The molecule has 1 saturated heterocycles. The van der Waals surface area contributed by atoms with Gasteiger partial charge in [0.05, 0.1) is 5.75 Å². The highest BCUT2D eigenvalue weighted by Gasteiger charge is 2.34. The van der Waals surface area contributed by atoms with Gasteiger partial charge in [0.25, 0.3) is 0 Å². The maximum absolute atomic E-state index is 11.6. The lowest BCUT2D eigenvalue weighted by molar-refractivity contribution is 0.0636. The van der Waals surface area contributed by atoms with Crippen molar-refractivity contribution < 1.29 is 8.42 Å². The second-order valence-electron chi connectivity index (χ2n) is 7.72. The Morgan fingerprint density at radius 2 is 1.90 bits per heavy atom. The van der Waals surface area contributed by atoms with Crippen molar-refractivity contribution in [2.24, 2.45) is 11.3 Å². The van der Waals surface area contributed by atoms with Crippen LogP contribution in [0.3, 0.4) is 0 Å². The lowest BCUT2D eigenvalue weighted by Crippen LogP contribution is -2.61. The van der Waals surface area contributed by atoms with Crippen molar-refractivity contribution in [3.05, 3.63) is 0 Å². The van der Waals surface area contributed by atoms with Crippen LogP contribution in [-0.4, -0.2) is 56.5 Å². The van der Waals surface area contributed by atoms with E-state index >= 15 is 0 Å². The monoisotopic (exact) mass is 318 g/mol. The van der Waals surface area contributed by atoms with E-state index in [1.807, 2.05) is 0 Å². The minimum absolute atomic E-state index is 0.232. The predicted octanol–water partition coefficient (Wildman–Crippen LogP) is 2.16. The first-order valence-corrected chi connectivity index (χ1v) is 10.1. The Kier molecular flexibility index (Phi) is 6.69. The van der Waals surface area contributed by atoms with Crippen LogP contribution in [0, 0.1) is 11.3 Å². The average molecular weight is 319 g/mol. The summed E-state index contributed by atoms with van der Waals surface area (Å²) >= 11 is 0. The Labute approximate surface area is 131 Å². The Morgan fingerprint density at radius 1 is 1.29 bits per heavy atom. The molecule has 0 saturated carbocycles. The zero-order valence-electron chi connectivity index (χ0n) is 14.6. The lowest BCUT2D eigenvalue weighted by Gasteiger charge is -2.46. The molecular weight excluding hydrogens is 284 g/mol. The Morgan fingerprint density at radius 3 is 2.38 bits per heavy atom. The van der Waals surface area contributed by atoms with Crippen LogP contribution in [0.25, 0.3) is 0 Å². The zero-order chi connectivity index (χ0) is 16.3. The number of nitrogens with zero attached hydrogens (tertiary/aromatic N) is 1. The quantitative estimate of drug-likeness (QED) is 0.815. The molecule has 0 bridgehead atoms. The molecule has 4 nitrogen and oxygen atoms in total. The SMILES string of the molecule is CCS(=O)(=O)CCCN1CC(C(C)(C)C)NCC1C(C)C.